The Bertz CT molecular complexity index is 697. The second kappa shape index (κ2) is 7.29. The summed E-state index contributed by atoms with van der Waals surface area (Å²) < 4.78 is 55.6. The summed E-state index contributed by atoms with van der Waals surface area (Å²) in [6, 6.07) is 3.56. The molecule has 0 radical (unpaired) electrons. The predicted octanol–water partition coefficient (Wildman–Crippen LogP) is 2.74. The molecule has 1 aromatic carbocycles. The molecule has 2 heterocycles. The van der Waals surface area contributed by atoms with Gasteiger partial charge in [-0.15, -0.1) is 12.4 Å². The number of hydrogen-bond donors (Lipinski definition) is 1. The van der Waals surface area contributed by atoms with Crippen LogP contribution in [-0.4, -0.2) is 45.5 Å². The Morgan fingerprint density at radius 1 is 1.33 bits per heavy atom. The van der Waals surface area contributed by atoms with Crippen LogP contribution in [0.2, 0.25) is 5.02 Å². The van der Waals surface area contributed by atoms with Gasteiger partial charge in [0, 0.05) is 19.6 Å². The predicted molar refractivity (Wildman–Crippen MR) is 88.6 cm³/mol. The van der Waals surface area contributed by atoms with Crippen molar-refractivity contribution in [1.82, 2.24) is 9.62 Å². The standard InChI is InChI=1S/C14H17ClF2N2O3S.ClH/c15-11-7-10(1-2-12(11)22-13(16)17)23(20,21)19-6-4-14(9-19)3-5-18-8-14;/h1-2,7,13,18H,3-6,8-9H2;1H. The van der Waals surface area contributed by atoms with Gasteiger partial charge >= 0.3 is 6.61 Å². The summed E-state index contributed by atoms with van der Waals surface area (Å²) in [5.74, 6) is -0.237. The van der Waals surface area contributed by atoms with Crippen LogP contribution in [0, 0.1) is 5.41 Å². The third kappa shape index (κ3) is 3.77. The van der Waals surface area contributed by atoms with Crippen LogP contribution in [0.1, 0.15) is 12.8 Å². The third-order valence-corrected chi connectivity index (χ3v) is 6.63. The van der Waals surface area contributed by atoms with E-state index in [2.05, 4.69) is 10.1 Å². The smallest absolute Gasteiger partial charge is 0.387 e. The maximum absolute atomic E-state index is 12.7. The van der Waals surface area contributed by atoms with Gasteiger partial charge in [-0.2, -0.15) is 13.1 Å². The second-order valence-corrected chi connectivity index (χ2v) is 8.33. The number of alkyl halides is 2. The van der Waals surface area contributed by atoms with E-state index in [0.717, 1.165) is 38.1 Å². The Hall–Kier alpha value is -0.670. The van der Waals surface area contributed by atoms with Crippen LogP contribution >= 0.6 is 24.0 Å². The lowest BCUT2D eigenvalue weighted by molar-refractivity contribution is -0.0498. The number of hydrogen-bond acceptors (Lipinski definition) is 4. The average molecular weight is 403 g/mol. The molecule has 5 nitrogen and oxygen atoms in total. The summed E-state index contributed by atoms with van der Waals surface area (Å²) in [5.41, 5.74) is 0.00952. The fraction of sp³-hybridized carbons (Fsp3) is 0.571. The molecule has 1 atom stereocenters. The average Bonchev–Trinajstić information content (AvgIpc) is 3.12. The van der Waals surface area contributed by atoms with E-state index < -0.39 is 16.6 Å². The highest BCUT2D eigenvalue weighted by atomic mass is 35.5. The largest absolute Gasteiger partial charge is 0.433 e. The molecule has 10 heteroatoms. The molecule has 1 unspecified atom stereocenters. The lowest BCUT2D eigenvalue weighted by Gasteiger charge is -2.22. The van der Waals surface area contributed by atoms with Crippen molar-refractivity contribution in [3.05, 3.63) is 23.2 Å². The normalized spacial score (nSPS) is 24.5. The summed E-state index contributed by atoms with van der Waals surface area (Å²) in [7, 11) is -3.69. The first kappa shape index (κ1) is 19.7. The van der Waals surface area contributed by atoms with Crippen LogP contribution in [0.15, 0.2) is 23.1 Å². The second-order valence-electron chi connectivity index (χ2n) is 5.99. The molecule has 2 saturated heterocycles. The molecular formula is C14H18Cl2F2N2O3S. The number of halogens is 4. The van der Waals surface area contributed by atoms with E-state index in [4.69, 9.17) is 11.6 Å². The van der Waals surface area contributed by atoms with Crippen LogP contribution in [0.4, 0.5) is 8.78 Å². The van der Waals surface area contributed by atoms with Gasteiger partial charge in [0.1, 0.15) is 5.75 Å². The number of nitrogens with one attached hydrogen (secondary N) is 1. The molecule has 0 bridgehead atoms. The zero-order valence-corrected chi connectivity index (χ0v) is 15.1. The molecule has 2 fully saturated rings. The molecule has 0 amide bonds. The van der Waals surface area contributed by atoms with Gasteiger partial charge in [0.15, 0.2) is 0 Å². The molecule has 0 saturated carbocycles. The van der Waals surface area contributed by atoms with Crippen molar-refractivity contribution in [2.45, 2.75) is 24.3 Å². The maximum atomic E-state index is 12.7. The quantitative estimate of drug-likeness (QED) is 0.840. The van der Waals surface area contributed by atoms with Crippen LogP contribution in [0.3, 0.4) is 0 Å². The SMILES string of the molecule is Cl.O=S(=O)(c1ccc(OC(F)F)c(Cl)c1)N1CCC2(CCNC2)C1. The van der Waals surface area contributed by atoms with E-state index >= 15 is 0 Å². The van der Waals surface area contributed by atoms with Gasteiger partial charge < -0.3 is 10.1 Å². The van der Waals surface area contributed by atoms with Crippen LogP contribution < -0.4 is 10.1 Å². The Kier molecular flexibility index (Phi) is 5.97. The minimum Gasteiger partial charge on any atom is -0.433 e. The highest BCUT2D eigenvalue weighted by Gasteiger charge is 2.44. The van der Waals surface area contributed by atoms with Gasteiger partial charge in [0.25, 0.3) is 0 Å². The fourth-order valence-corrected chi connectivity index (χ4v) is 5.10. The van der Waals surface area contributed by atoms with Crippen LogP contribution in [0.25, 0.3) is 0 Å². The van der Waals surface area contributed by atoms with Crippen molar-refractivity contribution in [3.63, 3.8) is 0 Å². The van der Waals surface area contributed by atoms with E-state index in [1.54, 1.807) is 0 Å². The van der Waals surface area contributed by atoms with Gasteiger partial charge in [-0.05, 0) is 43.0 Å². The number of benzene rings is 1. The summed E-state index contributed by atoms with van der Waals surface area (Å²) in [5, 5.41) is 3.12. The molecule has 24 heavy (non-hydrogen) atoms. The lowest BCUT2D eigenvalue weighted by atomic mass is 9.87. The lowest BCUT2D eigenvalue weighted by Crippen LogP contribution is -2.33. The van der Waals surface area contributed by atoms with Crippen molar-refractivity contribution >= 4 is 34.0 Å². The summed E-state index contributed by atoms with van der Waals surface area (Å²) in [4.78, 5) is -0.00729. The summed E-state index contributed by atoms with van der Waals surface area (Å²) in [6.45, 7) is -0.366. The number of nitrogens with zero attached hydrogens (tertiary/aromatic N) is 1. The molecule has 0 aliphatic carbocycles. The van der Waals surface area contributed by atoms with Crippen molar-refractivity contribution in [2.24, 2.45) is 5.41 Å². The van der Waals surface area contributed by atoms with Crippen molar-refractivity contribution < 1.29 is 21.9 Å². The molecule has 3 rings (SSSR count). The molecule has 2 aliphatic heterocycles. The Labute approximate surface area is 150 Å². The summed E-state index contributed by atoms with van der Waals surface area (Å²) >= 11 is 5.86. The monoisotopic (exact) mass is 402 g/mol. The maximum Gasteiger partial charge on any atom is 0.387 e. The Morgan fingerprint density at radius 2 is 2.08 bits per heavy atom. The van der Waals surface area contributed by atoms with Gasteiger partial charge in [-0.3, -0.25) is 0 Å². The molecule has 2 aliphatic rings. The van der Waals surface area contributed by atoms with Gasteiger partial charge in [-0.25, -0.2) is 8.42 Å². The van der Waals surface area contributed by atoms with Crippen LogP contribution in [-0.2, 0) is 10.0 Å². The zero-order valence-electron chi connectivity index (χ0n) is 12.7. The Morgan fingerprint density at radius 3 is 2.67 bits per heavy atom. The minimum atomic E-state index is -3.69. The highest BCUT2D eigenvalue weighted by Crippen LogP contribution is 2.39. The third-order valence-electron chi connectivity index (χ3n) is 4.49. The van der Waals surface area contributed by atoms with E-state index in [-0.39, 0.29) is 33.5 Å². The fourth-order valence-electron chi connectivity index (χ4n) is 3.23. The number of ether oxygens (including phenoxy) is 1. The molecule has 1 aromatic rings. The first-order valence-electron chi connectivity index (χ1n) is 7.28. The van der Waals surface area contributed by atoms with E-state index in [0.29, 0.717) is 13.1 Å². The highest BCUT2D eigenvalue weighted by molar-refractivity contribution is 7.89. The molecule has 1 N–H and O–H groups in total. The van der Waals surface area contributed by atoms with Gasteiger partial charge in [0.2, 0.25) is 10.0 Å². The Balaban J connectivity index is 0.00000208. The first-order chi connectivity index (χ1) is 10.8. The van der Waals surface area contributed by atoms with Gasteiger partial charge in [0.05, 0.1) is 9.92 Å². The molecular weight excluding hydrogens is 385 g/mol. The van der Waals surface area contributed by atoms with Crippen molar-refractivity contribution in [3.8, 4) is 5.75 Å². The van der Waals surface area contributed by atoms with Crippen molar-refractivity contribution in [1.29, 1.82) is 0 Å². The van der Waals surface area contributed by atoms with E-state index in [1.165, 1.54) is 10.4 Å². The van der Waals surface area contributed by atoms with Crippen molar-refractivity contribution in [2.75, 3.05) is 26.2 Å². The minimum absolute atomic E-state index is 0. The molecule has 1 spiro atoms. The first-order valence-corrected chi connectivity index (χ1v) is 9.10. The van der Waals surface area contributed by atoms with Crippen LogP contribution in [0.5, 0.6) is 5.75 Å². The number of rotatable bonds is 4. The molecule has 0 aromatic heterocycles. The zero-order chi connectivity index (χ0) is 16.7. The summed E-state index contributed by atoms with van der Waals surface area (Å²) in [6.07, 6.45) is 1.78. The van der Waals surface area contributed by atoms with Gasteiger partial charge in [-0.1, -0.05) is 11.6 Å². The molecule has 136 valence electrons. The number of sulfonamides is 1. The van der Waals surface area contributed by atoms with E-state index in [1.807, 2.05) is 0 Å². The van der Waals surface area contributed by atoms with E-state index in [9.17, 15) is 17.2 Å². The topological polar surface area (TPSA) is 58.6 Å².